The van der Waals surface area contributed by atoms with E-state index in [1.165, 1.54) is 0 Å². The molecule has 24 heavy (non-hydrogen) atoms. The van der Waals surface area contributed by atoms with Crippen LogP contribution in [-0.4, -0.2) is 66.4 Å². The molecule has 2 aromatic rings. The lowest BCUT2D eigenvalue weighted by Gasteiger charge is -2.21. The van der Waals surface area contributed by atoms with Crippen molar-refractivity contribution in [2.45, 2.75) is 6.54 Å². The molecule has 0 saturated carbocycles. The van der Waals surface area contributed by atoms with Crippen LogP contribution in [0.4, 0.5) is 0 Å². The maximum atomic E-state index is 11.7. The molecule has 1 aromatic carbocycles. The van der Waals surface area contributed by atoms with E-state index in [9.17, 15) is 4.79 Å². The van der Waals surface area contributed by atoms with Crippen LogP contribution in [0.15, 0.2) is 41.5 Å². The first kappa shape index (κ1) is 17.5. The lowest BCUT2D eigenvalue weighted by molar-refractivity contribution is -0.127. The Morgan fingerprint density at radius 2 is 1.96 bits per heavy atom. The van der Waals surface area contributed by atoms with Gasteiger partial charge in [0.1, 0.15) is 5.82 Å². The van der Waals surface area contributed by atoms with Crippen LogP contribution in [0.3, 0.4) is 0 Å². The van der Waals surface area contributed by atoms with Crippen molar-refractivity contribution in [1.82, 2.24) is 25.1 Å². The number of nitrogens with zero attached hydrogens (tertiary/aromatic N) is 4. The summed E-state index contributed by atoms with van der Waals surface area (Å²) in [6.07, 6.45) is 1.82. The number of aromatic nitrogens is 2. The minimum atomic E-state index is -0.00564. The summed E-state index contributed by atoms with van der Waals surface area (Å²) in [6.45, 7) is 0.764. The number of carbonyl (C=O) groups is 1. The van der Waals surface area contributed by atoms with Crippen molar-refractivity contribution in [2.75, 3.05) is 34.7 Å². The summed E-state index contributed by atoms with van der Waals surface area (Å²) in [5.74, 6) is 1.47. The standard InChI is InChI=1S/C17H24N6O/c1-18-17(20-11-16(24)22(2)3)23(4)12-15-19-10-14(21-15)13-8-6-5-7-9-13/h5-10H,11-12H2,1-4H3,(H,18,20)(H,19,21). The van der Waals surface area contributed by atoms with Gasteiger partial charge in [0, 0.05) is 28.2 Å². The molecule has 7 nitrogen and oxygen atoms in total. The summed E-state index contributed by atoms with van der Waals surface area (Å²) in [7, 11) is 7.05. The number of amides is 1. The van der Waals surface area contributed by atoms with E-state index in [0.717, 1.165) is 17.1 Å². The first-order valence-corrected chi connectivity index (χ1v) is 7.72. The zero-order valence-corrected chi connectivity index (χ0v) is 14.6. The predicted molar refractivity (Wildman–Crippen MR) is 95.5 cm³/mol. The monoisotopic (exact) mass is 328 g/mol. The van der Waals surface area contributed by atoms with E-state index in [-0.39, 0.29) is 12.5 Å². The molecule has 0 aliphatic carbocycles. The van der Waals surface area contributed by atoms with Gasteiger partial charge in [-0.25, -0.2) is 4.98 Å². The van der Waals surface area contributed by atoms with E-state index in [0.29, 0.717) is 12.5 Å². The summed E-state index contributed by atoms with van der Waals surface area (Å²) in [5, 5.41) is 3.05. The zero-order chi connectivity index (χ0) is 17.5. The summed E-state index contributed by atoms with van der Waals surface area (Å²) >= 11 is 0. The summed E-state index contributed by atoms with van der Waals surface area (Å²) in [6, 6.07) is 10.0. The number of likely N-dealkylation sites (N-methyl/N-ethyl adjacent to an activating group) is 1. The minimum absolute atomic E-state index is 0.00564. The van der Waals surface area contributed by atoms with Crippen molar-refractivity contribution in [1.29, 1.82) is 0 Å². The molecule has 1 heterocycles. The molecule has 0 aliphatic rings. The maximum absolute atomic E-state index is 11.7. The second-order valence-electron chi connectivity index (χ2n) is 5.65. The van der Waals surface area contributed by atoms with Gasteiger partial charge in [0.25, 0.3) is 0 Å². The number of benzene rings is 1. The molecule has 0 unspecified atom stereocenters. The third-order valence-corrected chi connectivity index (χ3v) is 3.57. The van der Waals surface area contributed by atoms with Gasteiger partial charge in [0.05, 0.1) is 25.0 Å². The topological polar surface area (TPSA) is 76.6 Å². The van der Waals surface area contributed by atoms with Crippen molar-refractivity contribution >= 4 is 11.9 Å². The third kappa shape index (κ3) is 4.58. The number of nitrogens with one attached hydrogen (secondary N) is 2. The SMILES string of the molecule is CN=C(NCC(=O)N(C)C)N(C)Cc1ncc(-c2ccccc2)[nH]1. The average molecular weight is 328 g/mol. The number of aromatic amines is 1. The Balaban J connectivity index is 1.97. The fourth-order valence-electron chi connectivity index (χ4n) is 2.20. The van der Waals surface area contributed by atoms with Crippen molar-refractivity contribution in [3.05, 3.63) is 42.4 Å². The normalized spacial score (nSPS) is 11.2. The lowest BCUT2D eigenvalue weighted by Crippen LogP contribution is -2.43. The van der Waals surface area contributed by atoms with Gasteiger partial charge in [-0.15, -0.1) is 0 Å². The minimum Gasteiger partial charge on any atom is -0.347 e. The second-order valence-corrected chi connectivity index (χ2v) is 5.65. The van der Waals surface area contributed by atoms with Gasteiger partial charge in [-0.2, -0.15) is 0 Å². The summed E-state index contributed by atoms with van der Waals surface area (Å²) < 4.78 is 0. The molecule has 0 aliphatic heterocycles. The molecule has 0 atom stereocenters. The van der Waals surface area contributed by atoms with Crippen LogP contribution in [0.2, 0.25) is 0 Å². The maximum Gasteiger partial charge on any atom is 0.241 e. The zero-order valence-electron chi connectivity index (χ0n) is 14.6. The van der Waals surface area contributed by atoms with Crippen molar-refractivity contribution in [3.8, 4) is 11.3 Å². The quantitative estimate of drug-likeness (QED) is 0.638. The molecule has 0 spiro atoms. The number of H-pyrrole nitrogens is 1. The number of hydrogen-bond donors (Lipinski definition) is 2. The Hall–Kier alpha value is -2.83. The number of aliphatic imine (C=N–C) groups is 1. The molecular weight excluding hydrogens is 304 g/mol. The fourth-order valence-corrected chi connectivity index (χ4v) is 2.20. The molecule has 2 rings (SSSR count). The number of rotatable bonds is 5. The molecule has 0 saturated heterocycles. The molecule has 0 fully saturated rings. The highest BCUT2D eigenvalue weighted by molar-refractivity contribution is 5.86. The van der Waals surface area contributed by atoms with Gasteiger partial charge in [-0.3, -0.25) is 9.79 Å². The number of hydrogen-bond acceptors (Lipinski definition) is 3. The Morgan fingerprint density at radius 3 is 2.58 bits per heavy atom. The Bertz CT molecular complexity index is 692. The Labute approximate surface area is 142 Å². The van der Waals surface area contributed by atoms with E-state index in [1.807, 2.05) is 48.5 Å². The lowest BCUT2D eigenvalue weighted by atomic mass is 10.2. The molecule has 7 heteroatoms. The van der Waals surface area contributed by atoms with Crippen LogP contribution in [-0.2, 0) is 11.3 Å². The van der Waals surface area contributed by atoms with Gasteiger partial charge in [-0.05, 0) is 5.56 Å². The van der Waals surface area contributed by atoms with E-state index in [4.69, 9.17) is 0 Å². The number of imidazole rings is 1. The molecule has 0 bridgehead atoms. The van der Waals surface area contributed by atoms with Crippen LogP contribution in [0.25, 0.3) is 11.3 Å². The second kappa shape index (κ2) is 8.14. The average Bonchev–Trinajstić information content (AvgIpc) is 3.04. The highest BCUT2D eigenvalue weighted by Crippen LogP contribution is 2.16. The van der Waals surface area contributed by atoms with Crippen LogP contribution < -0.4 is 5.32 Å². The Morgan fingerprint density at radius 1 is 1.25 bits per heavy atom. The van der Waals surface area contributed by atoms with Gasteiger partial charge < -0.3 is 20.1 Å². The summed E-state index contributed by atoms with van der Waals surface area (Å²) in [4.78, 5) is 27.1. The smallest absolute Gasteiger partial charge is 0.241 e. The number of carbonyl (C=O) groups excluding carboxylic acids is 1. The first-order valence-electron chi connectivity index (χ1n) is 7.72. The fraction of sp³-hybridized carbons (Fsp3) is 0.353. The van der Waals surface area contributed by atoms with E-state index in [2.05, 4.69) is 20.3 Å². The molecule has 128 valence electrons. The molecule has 2 N–H and O–H groups in total. The van der Waals surface area contributed by atoms with Gasteiger partial charge in [0.2, 0.25) is 5.91 Å². The van der Waals surface area contributed by atoms with E-state index >= 15 is 0 Å². The third-order valence-electron chi connectivity index (χ3n) is 3.57. The molecule has 1 amide bonds. The van der Waals surface area contributed by atoms with Gasteiger partial charge >= 0.3 is 0 Å². The van der Waals surface area contributed by atoms with Crippen LogP contribution >= 0.6 is 0 Å². The van der Waals surface area contributed by atoms with Crippen LogP contribution in [0.1, 0.15) is 5.82 Å². The van der Waals surface area contributed by atoms with Crippen molar-refractivity contribution in [3.63, 3.8) is 0 Å². The van der Waals surface area contributed by atoms with Gasteiger partial charge in [-0.1, -0.05) is 30.3 Å². The first-order chi connectivity index (χ1) is 11.5. The molecular formula is C17H24N6O. The molecule has 1 aromatic heterocycles. The van der Waals surface area contributed by atoms with E-state index in [1.54, 1.807) is 26.0 Å². The number of guanidine groups is 1. The molecule has 0 radical (unpaired) electrons. The highest BCUT2D eigenvalue weighted by Gasteiger charge is 2.11. The van der Waals surface area contributed by atoms with Crippen molar-refractivity contribution in [2.24, 2.45) is 4.99 Å². The Kier molecular flexibility index (Phi) is 5.95. The largest absolute Gasteiger partial charge is 0.347 e. The predicted octanol–water partition coefficient (Wildman–Crippen LogP) is 1.17. The van der Waals surface area contributed by atoms with Gasteiger partial charge in [0.15, 0.2) is 5.96 Å². The summed E-state index contributed by atoms with van der Waals surface area (Å²) in [5.41, 5.74) is 2.07. The van der Waals surface area contributed by atoms with E-state index < -0.39 is 0 Å². The van der Waals surface area contributed by atoms with Crippen LogP contribution in [0.5, 0.6) is 0 Å². The van der Waals surface area contributed by atoms with Crippen molar-refractivity contribution < 1.29 is 4.79 Å². The highest BCUT2D eigenvalue weighted by atomic mass is 16.2. The van der Waals surface area contributed by atoms with Crippen LogP contribution in [0, 0.1) is 0 Å².